The molecule has 1 N–H and O–H groups in total. The summed E-state index contributed by atoms with van der Waals surface area (Å²) in [6, 6.07) is 17.8. The molecule has 1 aliphatic rings. The Morgan fingerprint density at radius 1 is 1.05 bits per heavy atom. The van der Waals surface area contributed by atoms with Crippen molar-refractivity contribution < 1.29 is 9.84 Å². The maximum atomic E-state index is 10.3. The van der Waals surface area contributed by atoms with Crippen molar-refractivity contribution in [2.75, 3.05) is 0 Å². The molecule has 0 aromatic heterocycles. The Labute approximate surface area is 113 Å². The van der Waals surface area contributed by atoms with Crippen LogP contribution in [0.5, 0.6) is 5.75 Å². The average molecular weight is 254 g/mol. The van der Waals surface area contributed by atoms with E-state index in [1.54, 1.807) is 0 Å². The molecule has 0 amide bonds. The molecule has 0 spiro atoms. The minimum absolute atomic E-state index is 0.390. The maximum Gasteiger partial charge on any atom is 0.120 e. The molecular formula is C17H18O2. The van der Waals surface area contributed by atoms with E-state index >= 15 is 0 Å². The second-order valence-electron chi connectivity index (χ2n) is 5.10. The van der Waals surface area contributed by atoms with Gasteiger partial charge in [0.05, 0.1) is 12.2 Å². The maximum absolute atomic E-state index is 10.3. The number of rotatable bonds is 5. The standard InChI is InChI=1S/C17H18O2/c18-17(11-13-5-2-1-3-6-13)14-7-4-8-16(12-14)19-15-9-10-15/h1-8,12,15,17-18H,9-11H2. The molecule has 1 unspecified atom stereocenters. The van der Waals surface area contributed by atoms with Gasteiger partial charge in [-0.2, -0.15) is 0 Å². The molecule has 3 rings (SSSR count). The third-order valence-electron chi connectivity index (χ3n) is 3.34. The van der Waals surface area contributed by atoms with Crippen LogP contribution < -0.4 is 4.74 Å². The molecule has 2 nitrogen and oxygen atoms in total. The third-order valence-corrected chi connectivity index (χ3v) is 3.34. The van der Waals surface area contributed by atoms with Crippen LogP contribution in [0, 0.1) is 0 Å². The van der Waals surface area contributed by atoms with Crippen molar-refractivity contribution in [2.45, 2.75) is 31.5 Å². The molecule has 1 fully saturated rings. The Kier molecular flexibility index (Phi) is 3.51. The van der Waals surface area contributed by atoms with Gasteiger partial charge in [-0.05, 0) is 36.1 Å². The molecule has 1 atom stereocenters. The van der Waals surface area contributed by atoms with Crippen LogP contribution in [0.15, 0.2) is 54.6 Å². The minimum Gasteiger partial charge on any atom is -0.490 e. The number of ether oxygens (including phenoxy) is 1. The lowest BCUT2D eigenvalue weighted by Crippen LogP contribution is -2.03. The normalized spacial score (nSPS) is 16.1. The fourth-order valence-electron chi connectivity index (χ4n) is 2.13. The van der Waals surface area contributed by atoms with Gasteiger partial charge in [0.1, 0.15) is 5.75 Å². The van der Waals surface area contributed by atoms with Crippen molar-refractivity contribution in [1.82, 2.24) is 0 Å². The number of hydrogen-bond acceptors (Lipinski definition) is 2. The van der Waals surface area contributed by atoms with E-state index in [2.05, 4.69) is 0 Å². The molecule has 0 radical (unpaired) electrons. The monoisotopic (exact) mass is 254 g/mol. The van der Waals surface area contributed by atoms with Crippen LogP contribution in [0.4, 0.5) is 0 Å². The quantitative estimate of drug-likeness (QED) is 0.884. The van der Waals surface area contributed by atoms with Crippen LogP contribution in [0.1, 0.15) is 30.1 Å². The molecule has 0 aliphatic heterocycles. The summed E-state index contributed by atoms with van der Waals surface area (Å²) in [5.74, 6) is 0.868. The highest BCUT2D eigenvalue weighted by Crippen LogP contribution is 2.29. The summed E-state index contributed by atoms with van der Waals surface area (Å²) in [6.45, 7) is 0. The van der Waals surface area contributed by atoms with Crippen molar-refractivity contribution in [3.63, 3.8) is 0 Å². The van der Waals surface area contributed by atoms with E-state index in [-0.39, 0.29) is 0 Å². The van der Waals surface area contributed by atoms with E-state index in [1.807, 2.05) is 54.6 Å². The molecule has 19 heavy (non-hydrogen) atoms. The first-order valence-electron chi connectivity index (χ1n) is 6.80. The summed E-state index contributed by atoms with van der Waals surface area (Å²) in [5, 5.41) is 10.3. The Bertz CT molecular complexity index is 532. The van der Waals surface area contributed by atoms with Crippen molar-refractivity contribution in [3.05, 3.63) is 65.7 Å². The second-order valence-corrected chi connectivity index (χ2v) is 5.10. The lowest BCUT2D eigenvalue weighted by atomic mass is 10.0. The molecule has 2 aromatic rings. The first-order chi connectivity index (χ1) is 9.31. The highest BCUT2D eigenvalue weighted by molar-refractivity contribution is 5.31. The van der Waals surface area contributed by atoms with Gasteiger partial charge in [0.15, 0.2) is 0 Å². The van der Waals surface area contributed by atoms with E-state index in [1.165, 1.54) is 0 Å². The fraction of sp³-hybridized carbons (Fsp3) is 0.294. The molecule has 2 heteroatoms. The van der Waals surface area contributed by atoms with Gasteiger partial charge in [-0.3, -0.25) is 0 Å². The zero-order valence-electron chi connectivity index (χ0n) is 10.8. The van der Waals surface area contributed by atoms with E-state index in [0.717, 1.165) is 29.7 Å². The highest BCUT2D eigenvalue weighted by Gasteiger charge is 2.23. The van der Waals surface area contributed by atoms with Crippen molar-refractivity contribution in [3.8, 4) is 5.75 Å². The average Bonchev–Trinajstić information content (AvgIpc) is 3.24. The van der Waals surface area contributed by atoms with E-state index in [4.69, 9.17) is 4.74 Å². The van der Waals surface area contributed by atoms with E-state index in [0.29, 0.717) is 12.5 Å². The van der Waals surface area contributed by atoms with Crippen molar-refractivity contribution >= 4 is 0 Å². The van der Waals surface area contributed by atoms with Crippen LogP contribution >= 0.6 is 0 Å². The van der Waals surface area contributed by atoms with Crippen LogP contribution in [0.2, 0.25) is 0 Å². The van der Waals surface area contributed by atoms with E-state index < -0.39 is 6.10 Å². The minimum atomic E-state index is -0.481. The third kappa shape index (κ3) is 3.36. The number of hydrogen-bond donors (Lipinski definition) is 1. The molecule has 0 bridgehead atoms. The lowest BCUT2D eigenvalue weighted by molar-refractivity contribution is 0.177. The summed E-state index contributed by atoms with van der Waals surface area (Å²) >= 11 is 0. The number of benzene rings is 2. The predicted molar refractivity (Wildman–Crippen MR) is 75.2 cm³/mol. The second kappa shape index (κ2) is 5.45. The van der Waals surface area contributed by atoms with Crippen molar-refractivity contribution in [1.29, 1.82) is 0 Å². The largest absolute Gasteiger partial charge is 0.490 e. The van der Waals surface area contributed by atoms with Crippen LogP contribution in [0.25, 0.3) is 0 Å². The van der Waals surface area contributed by atoms with Gasteiger partial charge in [-0.1, -0.05) is 42.5 Å². The summed E-state index contributed by atoms with van der Waals surface area (Å²) in [5.41, 5.74) is 2.06. The molecule has 0 heterocycles. The zero-order chi connectivity index (χ0) is 13.1. The Balaban J connectivity index is 1.70. The molecule has 0 saturated heterocycles. The van der Waals surface area contributed by atoms with Gasteiger partial charge < -0.3 is 9.84 Å². The van der Waals surface area contributed by atoms with E-state index in [9.17, 15) is 5.11 Å². The zero-order valence-corrected chi connectivity index (χ0v) is 10.8. The molecule has 1 aliphatic carbocycles. The Hall–Kier alpha value is -1.80. The number of aliphatic hydroxyl groups excluding tert-OH is 1. The molecule has 1 saturated carbocycles. The summed E-state index contributed by atoms with van der Waals surface area (Å²) in [6.07, 6.45) is 2.84. The van der Waals surface area contributed by atoms with Gasteiger partial charge in [0.25, 0.3) is 0 Å². The Morgan fingerprint density at radius 2 is 1.84 bits per heavy atom. The molecule has 2 aromatic carbocycles. The smallest absolute Gasteiger partial charge is 0.120 e. The summed E-state index contributed by atoms with van der Waals surface area (Å²) in [7, 11) is 0. The summed E-state index contributed by atoms with van der Waals surface area (Å²) < 4.78 is 5.76. The van der Waals surface area contributed by atoms with Gasteiger partial charge in [-0.15, -0.1) is 0 Å². The van der Waals surface area contributed by atoms with Crippen molar-refractivity contribution in [2.24, 2.45) is 0 Å². The highest BCUT2D eigenvalue weighted by atomic mass is 16.5. The molecular weight excluding hydrogens is 236 g/mol. The van der Waals surface area contributed by atoms with Gasteiger partial charge in [0.2, 0.25) is 0 Å². The Morgan fingerprint density at radius 3 is 2.58 bits per heavy atom. The predicted octanol–water partition coefficient (Wildman–Crippen LogP) is 3.50. The first kappa shape index (κ1) is 12.2. The van der Waals surface area contributed by atoms with Gasteiger partial charge in [0, 0.05) is 6.42 Å². The molecule has 98 valence electrons. The number of aliphatic hydroxyl groups is 1. The SMILES string of the molecule is OC(Cc1ccccc1)c1cccc(OC2CC2)c1. The van der Waals surface area contributed by atoms with Gasteiger partial charge in [-0.25, -0.2) is 0 Å². The fourth-order valence-corrected chi connectivity index (χ4v) is 2.13. The lowest BCUT2D eigenvalue weighted by Gasteiger charge is -2.13. The first-order valence-corrected chi connectivity index (χ1v) is 6.80. The topological polar surface area (TPSA) is 29.5 Å². The van der Waals surface area contributed by atoms with Gasteiger partial charge >= 0.3 is 0 Å². The van der Waals surface area contributed by atoms with Crippen LogP contribution in [0.3, 0.4) is 0 Å². The van der Waals surface area contributed by atoms with Crippen LogP contribution in [-0.2, 0) is 6.42 Å². The summed E-state index contributed by atoms with van der Waals surface area (Å²) in [4.78, 5) is 0. The van der Waals surface area contributed by atoms with Crippen LogP contribution in [-0.4, -0.2) is 11.2 Å².